The van der Waals surface area contributed by atoms with Crippen LogP contribution >= 0.6 is 0 Å². The van der Waals surface area contributed by atoms with Gasteiger partial charge in [0.25, 0.3) is 0 Å². The SMILES string of the molecule is C=Cc1cccc(N(C)C(/C=C\C)=C/C)c1C=C.CC. The molecule has 1 nitrogen and oxygen atoms in total. The van der Waals surface area contributed by atoms with Gasteiger partial charge in [-0.25, -0.2) is 0 Å². The van der Waals surface area contributed by atoms with E-state index in [0.717, 1.165) is 22.5 Å². The van der Waals surface area contributed by atoms with Gasteiger partial charge in [0.05, 0.1) is 0 Å². The zero-order valence-corrected chi connectivity index (χ0v) is 13.5. The highest BCUT2D eigenvalue weighted by Gasteiger charge is 2.09. The van der Waals surface area contributed by atoms with E-state index in [2.05, 4.69) is 43.3 Å². The second-order valence-corrected chi connectivity index (χ2v) is 3.96. The van der Waals surface area contributed by atoms with Crippen LogP contribution in [0.5, 0.6) is 0 Å². The highest BCUT2D eigenvalue weighted by molar-refractivity contribution is 5.77. The maximum absolute atomic E-state index is 3.90. The van der Waals surface area contributed by atoms with Gasteiger partial charge in [-0.15, -0.1) is 0 Å². The van der Waals surface area contributed by atoms with Gasteiger partial charge in [0.2, 0.25) is 0 Å². The van der Waals surface area contributed by atoms with Crippen molar-refractivity contribution < 1.29 is 0 Å². The highest BCUT2D eigenvalue weighted by atomic mass is 15.1. The normalized spacial score (nSPS) is 10.8. The number of likely N-dealkylation sites (N-methyl/N-ethyl adjacent to an activating group) is 1. The quantitative estimate of drug-likeness (QED) is 0.600. The first-order valence-electron chi connectivity index (χ1n) is 7.10. The second-order valence-electron chi connectivity index (χ2n) is 3.96. The largest absolute Gasteiger partial charge is 0.344 e. The fourth-order valence-electron chi connectivity index (χ4n) is 1.97. The number of allylic oxidation sites excluding steroid dienone is 3. The number of anilines is 1. The van der Waals surface area contributed by atoms with Crippen LogP contribution in [-0.2, 0) is 0 Å². The minimum atomic E-state index is 1.10. The van der Waals surface area contributed by atoms with Crippen LogP contribution in [0, 0.1) is 0 Å². The summed E-state index contributed by atoms with van der Waals surface area (Å²) in [6.07, 6.45) is 9.96. The Morgan fingerprint density at radius 3 is 2.20 bits per heavy atom. The van der Waals surface area contributed by atoms with Gasteiger partial charge in [-0.2, -0.15) is 0 Å². The standard InChI is InChI=1S/C17H21N.C2H6/c1-6-11-15(8-3)18(5)17-13-10-12-14(7-2)16(17)9-4;1-2/h6-13H,2,4H2,1,3,5H3;1-2H3/b11-6-,15-8+;. The van der Waals surface area contributed by atoms with E-state index in [9.17, 15) is 0 Å². The molecule has 1 rings (SSSR count). The summed E-state index contributed by atoms with van der Waals surface area (Å²) in [7, 11) is 2.06. The van der Waals surface area contributed by atoms with Crippen LogP contribution in [0.2, 0.25) is 0 Å². The predicted molar refractivity (Wildman–Crippen MR) is 94.9 cm³/mol. The van der Waals surface area contributed by atoms with Crippen LogP contribution in [0.15, 0.2) is 55.3 Å². The van der Waals surface area contributed by atoms with Crippen molar-refractivity contribution in [2.24, 2.45) is 0 Å². The summed E-state index contributed by atoms with van der Waals surface area (Å²) < 4.78 is 0. The van der Waals surface area contributed by atoms with Crippen LogP contribution in [-0.4, -0.2) is 7.05 Å². The molecule has 1 aromatic carbocycles. The molecule has 0 fully saturated rings. The van der Waals surface area contributed by atoms with E-state index in [4.69, 9.17) is 0 Å². The van der Waals surface area contributed by atoms with E-state index >= 15 is 0 Å². The zero-order chi connectivity index (χ0) is 15.5. The molecule has 0 heterocycles. The summed E-state index contributed by atoms with van der Waals surface area (Å²) in [4.78, 5) is 2.16. The van der Waals surface area contributed by atoms with Crippen molar-refractivity contribution >= 4 is 17.8 Å². The van der Waals surface area contributed by atoms with E-state index in [1.807, 2.05) is 58.1 Å². The van der Waals surface area contributed by atoms with Gasteiger partial charge in [0.1, 0.15) is 0 Å². The third-order valence-corrected chi connectivity index (χ3v) is 2.92. The van der Waals surface area contributed by atoms with Crippen LogP contribution in [0.1, 0.15) is 38.8 Å². The molecule has 0 aliphatic rings. The first kappa shape index (κ1) is 18.0. The zero-order valence-electron chi connectivity index (χ0n) is 13.5. The van der Waals surface area contributed by atoms with Crippen LogP contribution < -0.4 is 4.90 Å². The molecule has 0 saturated carbocycles. The number of benzene rings is 1. The molecule has 0 aliphatic carbocycles. The Hall–Kier alpha value is -2.02. The summed E-state index contributed by atoms with van der Waals surface area (Å²) in [5.41, 5.74) is 4.50. The molecule has 0 radical (unpaired) electrons. The van der Waals surface area contributed by atoms with Crippen LogP contribution in [0.4, 0.5) is 5.69 Å². The average molecular weight is 269 g/mol. The summed E-state index contributed by atoms with van der Waals surface area (Å²) in [5.74, 6) is 0. The smallest absolute Gasteiger partial charge is 0.0487 e. The summed E-state index contributed by atoms with van der Waals surface area (Å²) in [6.45, 7) is 15.8. The molecule has 108 valence electrons. The minimum absolute atomic E-state index is 1.10. The lowest BCUT2D eigenvalue weighted by atomic mass is 10.0. The lowest BCUT2D eigenvalue weighted by molar-refractivity contribution is 1.12. The molecule has 20 heavy (non-hydrogen) atoms. The van der Waals surface area contributed by atoms with Crippen molar-refractivity contribution in [3.63, 3.8) is 0 Å². The predicted octanol–water partition coefficient (Wildman–Crippen LogP) is 5.91. The molecule has 0 saturated heterocycles. The lowest BCUT2D eigenvalue weighted by Gasteiger charge is -2.23. The van der Waals surface area contributed by atoms with Crippen molar-refractivity contribution in [1.29, 1.82) is 0 Å². The third-order valence-electron chi connectivity index (χ3n) is 2.92. The van der Waals surface area contributed by atoms with E-state index < -0.39 is 0 Å². The molecular weight excluding hydrogens is 242 g/mol. The molecule has 0 spiro atoms. The Morgan fingerprint density at radius 2 is 1.75 bits per heavy atom. The molecule has 0 unspecified atom stereocenters. The van der Waals surface area contributed by atoms with E-state index in [-0.39, 0.29) is 0 Å². The molecule has 0 aliphatic heterocycles. The molecule has 0 atom stereocenters. The number of nitrogens with zero attached hydrogens (tertiary/aromatic N) is 1. The van der Waals surface area contributed by atoms with Gasteiger partial charge < -0.3 is 4.90 Å². The van der Waals surface area contributed by atoms with Crippen molar-refractivity contribution in [2.45, 2.75) is 27.7 Å². The minimum Gasteiger partial charge on any atom is -0.344 e. The molecule has 1 heteroatoms. The van der Waals surface area contributed by atoms with E-state index in [1.165, 1.54) is 0 Å². The van der Waals surface area contributed by atoms with Crippen molar-refractivity contribution in [3.8, 4) is 0 Å². The Balaban J connectivity index is 0.00000172. The first-order chi connectivity index (χ1) is 9.69. The van der Waals surface area contributed by atoms with Gasteiger partial charge in [0.15, 0.2) is 0 Å². The fraction of sp³-hybridized carbons (Fsp3) is 0.263. The van der Waals surface area contributed by atoms with E-state index in [1.54, 1.807) is 0 Å². The number of hydrogen-bond acceptors (Lipinski definition) is 1. The Labute approximate surface area is 124 Å². The van der Waals surface area contributed by atoms with Crippen LogP contribution in [0.3, 0.4) is 0 Å². The van der Waals surface area contributed by atoms with Gasteiger partial charge in [-0.1, -0.05) is 63.4 Å². The van der Waals surface area contributed by atoms with Gasteiger partial charge in [-0.05, 0) is 31.6 Å². The third kappa shape index (κ3) is 4.27. The Kier molecular flexibility index (Phi) is 8.86. The van der Waals surface area contributed by atoms with Crippen molar-refractivity contribution in [2.75, 3.05) is 11.9 Å². The number of hydrogen-bond donors (Lipinski definition) is 0. The van der Waals surface area contributed by atoms with E-state index in [0.29, 0.717) is 0 Å². The Bertz CT molecular complexity index is 492. The molecule has 0 aromatic heterocycles. The number of rotatable bonds is 5. The summed E-state index contributed by atoms with van der Waals surface area (Å²) in [5, 5.41) is 0. The first-order valence-corrected chi connectivity index (χ1v) is 7.10. The molecule has 0 bridgehead atoms. The fourth-order valence-corrected chi connectivity index (χ4v) is 1.97. The molecular formula is C19H27N. The maximum Gasteiger partial charge on any atom is 0.0487 e. The summed E-state index contributed by atoms with van der Waals surface area (Å²) in [6, 6.07) is 6.18. The second kappa shape index (κ2) is 9.85. The maximum atomic E-state index is 3.90. The van der Waals surface area contributed by atoms with Crippen molar-refractivity contribution in [1.82, 2.24) is 0 Å². The van der Waals surface area contributed by atoms with Crippen molar-refractivity contribution in [3.05, 3.63) is 66.4 Å². The van der Waals surface area contributed by atoms with Gasteiger partial charge >= 0.3 is 0 Å². The molecule has 0 amide bonds. The molecule has 1 aromatic rings. The van der Waals surface area contributed by atoms with Crippen LogP contribution in [0.25, 0.3) is 12.2 Å². The van der Waals surface area contributed by atoms with Gasteiger partial charge in [-0.3, -0.25) is 0 Å². The Morgan fingerprint density at radius 1 is 1.10 bits per heavy atom. The summed E-state index contributed by atoms with van der Waals surface area (Å²) >= 11 is 0. The monoisotopic (exact) mass is 269 g/mol. The molecule has 0 N–H and O–H groups in total. The topological polar surface area (TPSA) is 3.24 Å². The highest BCUT2D eigenvalue weighted by Crippen LogP contribution is 2.27. The lowest BCUT2D eigenvalue weighted by Crippen LogP contribution is -2.16. The average Bonchev–Trinajstić information content (AvgIpc) is 2.52. The van der Waals surface area contributed by atoms with Gasteiger partial charge in [0, 0.05) is 24.0 Å².